The van der Waals surface area contributed by atoms with E-state index >= 15 is 0 Å². The van der Waals surface area contributed by atoms with Crippen LogP contribution in [-0.4, -0.2) is 108 Å². The second-order valence-corrected chi connectivity index (χ2v) is 13.8. The molecule has 0 fully saturated rings. The summed E-state index contributed by atoms with van der Waals surface area (Å²) in [5.74, 6) is -2.25. The van der Waals surface area contributed by atoms with Gasteiger partial charge in [0.1, 0.15) is 12.1 Å². The molecule has 268 valence electrons. The van der Waals surface area contributed by atoms with Gasteiger partial charge in [-0.1, -0.05) is 74.5 Å². The Morgan fingerprint density at radius 2 is 1.41 bits per heavy atom. The zero-order valence-corrected chi connectivity index (χ0v) is 29.5. The number of hydrogen-bond acceptors (Lipinski definition) is 10. The van der Waals surface area contributed by atoms with Crippen LogP contribution in [0, 0.1) is 5.41 Å². The van der Waals surface area contributed by atoms with Crippen molar-refractivity contribution in [3.05, 3.63) is 71.8 Å². The van der Waals surface area contributed by atoms with E-state index in [2.05, 4.69) is 40.4 Å². The summed E-state index contributed by atoms with van der Waals surface area (Å²) in [6.07, 6.45) is 0.493. The fourth-order valence-electron chi connectivity index (χ4n) is 4.56. The number of ether oxygens (including phenoxy) is 2. The molecule has 4 amide bonds. The van der Waals surface area contributed by atoms with E-state index in [9.17, 15) is 24.0 Å². The van der Waals surface area contributed by atoms with Gasteiger partial charge in [-0.3, -0.25) is 24.0 Å². The molecular weight excluding hydrogens is 647 g/mol. The Hall–Kier alpha value is -4.28. The summed E-state index contributed by atoms with van der Waals surface area (Å²) < 4.78 is 10.9. The maximum Gasteiger partial charge on any atom is 0.243 e. The summed E-state index contributed by atoms with van der Waals surface area (Å²) in [4.78, 5) is 64.2. The Bertz CT molecular complexity index is 1320. The van der Waals surface area contributed by atoms with E-state index in [1.54, 1.807) is 24.3 Å². The number of carbonyl (C=O) groups excluding carboxylic acids is 5. The fraction of sp³-hybridized carbons (Fsp3) is 0.471. The summed E-state index contributed by atoms with van der Waals surface area (Å²) in [6.45, 7) is 6.44. The Kier molecular flexibility index (Phi) is 20.0. The molecule has 15 heteroatoms. The average Bonchev–Trinajstić information content (AvgIpc) is 3.09. The Morgan fingerprint density at radius 3 is 2.02 bits per heavy atom. The lowest BCUT2D eigenvalue weighted by Crippen LogP contribution is -2.57. The highest BCUT2D eigenvalue weighted by molar-refractivity contribution is 6.87. The van der Waals surface area contributed by atoms with Crippen molar-refractivity contribution in [2.24, 2.45) is 5.40 Å². The quantitative estimate of drug-likeness (QED) is 0.0425. The molecule has 0 aromatic heterocycles. The smallest absolute Gasteiger partial charge is 0.243 e. The van der Waals surface area contributed by atoms with Crippen molar-refractivity contribution in [2.45, 2.75) is 57.3 Å². The summed E-state index contributed by atoms with van der Waals surface area (Å²) in [7, 11) is -2.54. The van der Waals surface area contributed by atoms with Gasteiger partial charge in [-0.2, -0.15) is 0 Å². The van der Waals surface area contributed by atoms with Crippen molar-refractivity contribution in [1.82, 2.24) is 26.6 Å². The second-order valence-electron chi connectivity index (χ2n) is 11.7. The molecule has 2 aromatic carbocycles. The van der Waals surface area contributed by atoms with Gasteiger partial charge < -0.3 is 46.9 Å². The molecule has 0 aliphatic rings. The van der Waals surface area contributed by atoms with Crippen LogP contribution in [0.1, 0.15) is 37.8 Å². The van der Waals surface area contributed by atoms with E-state index in [-0.39, 0.29) is 39.0 Å². The van der Waals surface area contributed by atoms with Crippen LogP contribution < -0.4 is 32.0 Å². The number of benzene rings is 2. The Labute approximate surface area is 289 Å². The number of amides is 4. The van der Waals surface area contributed by atoms with Crippen LogP contribution in [-0.2, 0) is 41.1 Å². The van der Waals surface area contributed by atoms with Gasteiger partial charge in [-0.05, 0) is 23.6 Å². The summed E-state index contributed by atoms with van der Waals surface area (Å²) >= 11 is 0. The lowest BCUT2D eigenvalue weighted by atomic mass is 10.0. The predicted octanol–water partition coefficient (Wildman–Crippen LogP) is 0.101. The molecule has 3 atom stereocenters. The number of rotatable bonds is 25. The van der Waals surface area contributed by atoms with E-state index < -0.39 is 50.1 Å². The zero-order valence-electron chi connectivity index (χ0n) is 28.4. The van der Waals surface area contributed by atoms with Crippen molar-refractivity contribution in [3.63, 3.8) is 0 Å². The van der Waals surface area contributed by atoms with E-state index in [0.717, 1.165) is 17.7 Å². The molecule has 2 rings (SSSR count). The second kappa shape index (κ2) is 23.9. The number of nitrogens with two attached hydrogens (primary N) is 1. The largest absolute Gasteiger partial charge is 0.378 e. The first-order valence-corrected chi connectivity index (χ1v) is 18.6. The van der Waals surface area contributed by atoms with E-state index in [1.165, 1.54) is 0 Å². The lowest BCUT2D eigenvalue weighted by molar-refractivity contribution is -0.131. The van der Waals surface area contributed by atoms with E-state index in [4.69, 9.17) is 20.3 Å². The van der Waals surface area contributed by atoms with Gasteiger partial charge in [0.15, 0.2) is 5.78 Å². The normalized spacial score (nSPS) is 12.7. The van der Waals surface area contributed by atoms with Crippen LogP contribution in [0.2, 0.25) is 0 Å². The molecule has 0 bridgehead atoms. The average molecular weight is 698 g/mol. The summed E-state index contributed by atoms with van der Waals surface area (Å²) in [6, 6.07) is 16.7. The fourth-order valence-corrected chi connectivity index (χ4v) is 5.94. The molecule has 0 aliphatic carbocycles. The molecule has 14 nitrogen and oxygen atoms in total. The van der Waals surface area contributed by atoms with Crippen molar-refractivity contribution < 1.29 is 33.4 Å². The van der Waals surface area contributed by atoms with Crippen molar-refractivity contribution in [1.29, 1.82) is 5.41 Å². The maximum atomic E-state index is 13.5. The minimum atomic E-state index is -2.54. The SMILES string of the molecule is CC(C)NCCOCCOCCNC(=O)CNC(=O)[C@H](Cc1ccccc1)NC(=O)[C@H](CCC(=O)C=N)NC(=O)[Si@@H](N)Cc1ccccc1. The topological polar surface area (TPSA) is 214 Å². The third-order valence-electron chi connectivity index (χ3n) is 7.19. The summed E-state index contributed by atoms with van der Waals surface area (Å²) in [5, 5.41) is 27.3. The predicted molar refractivity (Wildman–Crippen MR) is 190 cm³/mol. The highest BCUT2D eigenvalue weighted by atomic mass is 28.3. The molecule has 0 unspecified atom stereocenters. The minimum absolute atomic E-state index is 0.0934. The van der Waals surface area contributed by atoms with Crippen LogP contribution in [0.3, 0.4) is 0 Å². The first-order chi connectivity index (χ1) is 23.6. The van der Waals surface area contributed by atoms with Gasteiger partial charge in [0, 0.05) is 32.0 Å². The Morgan fingerprint density at radius 1 is 0.796 bits per heavy atom. The van der Waals surface area contributed by atoms with Crippen LogP contribution in [0.4, 0.5) is 4.79 Å². The highest BCUT2D eigenvalue weighted by Crippen LogP contribution is 2.07. The number of carbonyl (C=O) groups is 5. The number of nitrogens with one attached hydrogen (secondary N) is 6. The number of Topliss-reactive ketones (excluding diaryl/α,β-unsaturated/α-hetero) is 1. The lowest BCUT2D eigenvalue weighted by Gasteiger charge is -2.24. The van der Waals surface area contributed by atoms with Crippen LogP contribution in [0.25, 0.3) is 0 Å². The summed E-state index contributed by atoms with van der Waals surface area (Å²) in [5.41, 5.74) is 1.17. The first-order valence-electron chi connectivity index (χ1n) is 16.5. The van der Waals surface area contributed by atoms with Crippen LogP contribution in [0.5, 0.6) is 0 Å². The Balaban J connectivity index is 1.94. The first kappa shape index (κ1) is 40.9. The van der Waals surface area contributed by atoms with Crippen molar-refractivity contribution in [3.8, 4) is 0 Å². The maximum absolute atomic E-state index is 13.5. The molecule has 2 aromatic rings. The van der Waals surface area contributed by atoms with Crippen molar-refractivity contribution in [2.75, 3.05) is 46.1 Å². The standard InChI is InChI=1S/C34H51N7O7Si/c1-25(2)37-15-17-47-19-20-48-18-16-38-31(43)23-39-32(44)30(21-26-9-5-3-6-10-26)40-33(45)29(14-13-28(42)22-35)41-34(46)49(36)24-27-11-7-4-8-12-27/h3-12,22,25,29-30,35,37,49H,13-21,23-24,36H2,1-2H3,(H,38,43)(H,39,44)(H,40,45)(H,41,46)/t29-,30-,49-/m0/s1. The molecule has 0 saturated heterocycles. The zero-order chi connectivity index (χ0) is 35.9. The molecule has 8 N–H and O–H groups in total. The van der Waals surface area contributed by atoms with Gasteiger partial charge in [0.2, 0.25) is 32.2 Å². The van der Waals surface area contributed by atoms with Crippen LogP contribution >= 0.6 is 0 Å². The molecule has 0 radical (unpaired) electrons. The molecule has 49 heavy (non-hydrogen) atoms. The van der Waals surface area contributed by atoms with E-state index in [1.807, 2.05) is 36.4 Å². The number of hydrogen-bond donors (Lipinski definition) is 7. The monoisotopic (exact) mass is 697 g/mol. The minimum Gasteiger partial charge on any atom is -0.378 e. The molecule has 0 spiro atoms. The van der Waals surface area contributed by atoms with Gasteiger partial charge in [-0.15, -0.1) is 0 Å². The number of ketones is 1. The van der Waals surface area contributed by atoms with Gasteiger partial charge in [0.25, 0.3) is 0 Å². The van der Waals surface area contributed by atoms with Crippen LogP contribution in [0.15, 0.2) is 60.7 Å². The molecule has 0 saturated carbocycles. The third kappa shape index (κ3) is 18.2. The molecule has 0 heterocycles. The van der Waals surface area contributed by atoms with Gasteiger partial charge in [-0.25, -0.2) is 0 Å². The molecular formula is C34H51N7O7Si. The van der Waals surface area contributed by atoms with Gasteiger partial charge >= 0.3 is 0 Å². The highest BCUT2D eigenvalue weighted by Gasteiger charge is 2.29. The van der Waals surface area contributed by atoms with Gasteiger partial charge in [0.05, 0.1) is 39.2 Å². The van der Waals surface area contributed by atoms with Crippen molar-refractivity contribution >= 4 is 44.2 Å². The van der Waals surface area contributed by atoms with E-state index in [0.29, 0.717) is 38.1 Å². The third-order valence-corrected chi connectivity index (χ3v) is 8.94. The molecule has 0 aliphatic heterocycles.